The van der Waals surface area contributed by atoms with E-state index < -0.39 is 0 Å². The van der Waals surface area contributed by atoms with Crippen molar-refractivity contribution in [3.8, 4) is 5.75 Å². The lowest BCUT2D eigenvalue weighted by Crippen LogP contribution is -1.81. The summed E-state index contributed by atoms with van der Waals surface area (Å²) in [4.78, 5) is 0. The molecule has 0 aliphatic carbocycles. The van der Waals surface area contributed by atoms with Gasteiger partial charge in [-0.2, -0.15) is 0 Å². The molecule has 0 N–H and O–H groups in total. The summed E-state index contributed by atoms with van der Waals surface area (Å²) in [6, 6.07) is 7.93. The molecule has 17 heavy (non-hydrogen) atoms. The summed E-state index contributed by atoms with van der Waals surface area (Å²) in [5.41, 5.74) is 2.22. The molecule has 1 heteroatoms. The van der Waals surface area contributed by atoms with Crippen LogP contribution < -0.4 is 4.74 Å². The largest absolute Gasteiger partial charge is 0.497 e. The fraction of sp³-hybridized carbons (Fsp3) is 0.125. The Morgan fingerprint density at radius 1 is 1.24 bits per heavy atom. The van der Waals surface area contributed by atoms with E-state index in [4.69, 9.17) is 4.74 Å². The Kier molecular flexibility index (Phi) is 5.59. The molecule has 0 aromatic heterocycles. The van der Waals surface area contributed by atoms with Gasteiger partial charge in [-0.25, -0.2) is 0 Å². The van der Waals surface area contributed by atoms with Gasteiger partial charge >= 0.3 is 0 Å². The Morgan fingerprint density at radius 2 is 1.94 bits per heavy atom. The fourth-order valence-electron chi connectivity index (χ4n) is 1.31. The normalized spacial score (nSPS) is 12.2. The molecule has 88 valence electrons. The summed E-state index contributed by atoms with van der Waals surface area (Å²) >= 11 is 0. The van der Waals surface area contributed by atoms with Gasteiger partial charge in [-0.15, -0.1) is 0 Å². The number of ether oxygens (including phenoxy) is 1. The third-order valence-corrected chi connectivity index (χ3v) is 2.30. The van der Waals surface area contributed by atoms with Crippen molar-refractivity contribution in [2.45, 2.75) is 6.92 Å². The molecule has 1 rings (SSSR count). The smallest absolute Gasteiger partial charge is 0.118 e. The first-order valence-electron chi connectivity index (χ1n) is 5.57. The van der Waals surface area contributed by atoms with E-state index in [1.165, 1.54) is 0 Å². The molecule has 0 atom stereocenters. The van der Waals surface area contributed by atoms with Gasteiger partial charge in [0.2, 0.25) is 0 Å². The standard InChI is InChI=1S/C16H18O/c1-4-6-7-14(5-2)8-9-15-10-12-16(17-3)13-11-15/h4-13H,2H2,1,3H3/b6-4+,9-8?,14-7+. The van der Waals surface area contributed by atoms with E-state index in [0.29, 0.717) is 0 Å². The molecule has 0 heterocycles. The molecule has 0 radical (unpaired) electrons. The molecule has 0 spiro atoms. The number of benzene rings is 1. The predicted molar refractivity (Wildman–Crippen MR) is 75.1 cm³/mol. The number of allylic oxidation sites excluding steroid dienone is 6. The van der Waals surface area contributed by atoms with Crippen LogP contribution >= 0.6 is 0 Å². The topological polar surface area (TPSA) is 9.23 Å². The molecule has 1 aromatic rings. The molecular weight excluding hydrogens is 208 g/mol. The van der Waals surface area contributed by atoms with Crippen LogP contribution in [0.2, 0.25) is 0 Å². The average molecular weight is 226 g/mol. The Bertz CT molecular complexity index is 433. The third kappa shape index (κ3) is 4.56. The van der Waals surface area contributed by atoms with Crippen LogP contribution in [-0.4, -0.2) is 7.11 Å². The van der Waals surface area contributed by atoms with Crippen LogP contribution in [0.3, 0.4) is 0 Å². The zero-order valence-electron chi connectivity index (χ0n) is 10.4. The van der Waals surface area contributed by atoms with Crippen molar-refractivity contribution in [2.24, 2.45) is 0 Å². The Hall–Kier alpha value is -2.02. The summed E-state index contributed by atoms with van der Waals surface area (Å²) < 4.78 is 5.11. The maximum atomic E-state index is 5.11. The van der Waals surface area contributed by atoms with E-state index in [9.17, 15) is 0 Å². The first-order valence-corrected chi connectivity index (χ1v) is 5.57. The molecule has 0 unspecified atom stereocenters. The van der Waals surface area contributed by atoms with Gasteiger partial charge in [0.05, 0.1) is 7.11 Å². The lowest BCUT2D eigenvalue weighted by molar-refractivity contribution is 0.415. The van der Waals surface area contributed by atoms with Crippen molar-refractivity contribution >= 4 is 6.08 Å². The summed E-state index contributed by atoms with van der Waals surface area (Å²) in [5, 5.41) is 0. The first kappa shape index (κ1) is 13.0. The zero-order valence-corrected chi connectivity index (χ0v) is 10.4. The van der Waals surface area contributed by atoms with E-state index in [2.05, 4.69) is 12.7 Å². The van der Waals surface area contributed by atoms with E-state index in [1.807, 2.05) is 61.6 Å². The molecule has 0 saturated carbocycles. The van der Waals surface area contributed by atoms with Gasteiger partial charge in [-0.05, 0) is 30.2 Å². The van der Waals surface area contributed by atoms with Crippen LogP contribution in [0.15, 0.2) is 66.8 Å². The summed E-state index contributed by atoms with van der Waals surface area (Å²) in [5.74, 6) is 0.871. The molecule has 0 saturated heterocycles. The van der Waals surface area contributed by atoms with Crippen molar-refractivity contribution in [1.29, 1.82) is 0 Å². The quantitative estimate of drug-likeness (QED) is 0.676. The maximum Gasteiger partial charge on any atom is 0.118 e. The Balaban J connectivity index is 2.77. The van der Waals surface area contributed by atoms with E-state index >= 15 is 0 Å². The highest BCUT2D eigenvalue weighted by Crippen LogP contribution is 2.13. The Labute approximate surface area is 103 Å². The van der Waals surface area contributed by atoms with Crippen LogP contribution in [0.25, 0.3) is 6.08 Å². The van der Waals surface area contributed by atoms with Gasteiger partial charge in [0.15, 0.2) is 0 Å². The molecule has 0 bridgehead atoms. The minimum absolute atomic E-state index is 0.871. The average Bonchev–Trinajstić information content (AvgIpc) is 2.39. The van der Waals surface area contributed by atoms with Crippen LogP contribution in [0.1, 0.15) is 12.5 Å². The van der Waals surface area contributed by atoms with Gasteiger partial charge in [0, 0.05) is 0 Å². The highest BCUT2D eigenvalue weighted by Gasteiger charge is 1.90. The van der Waals surface area contributed by atoms with E-state index in [1.54, 1.807) is 7.11 Å². The summed E-state index contributed by atoms with van der Waals surface area (Å²) in [7, 11) is 1.67. The highest BCUT2D eigenvalue weighted by atomic mass is 16.5. The highest BCUT2D eigenvalue weighted by molar-refractivity contribution is 5.55. The third-order valence-electron chi connectivity index (χ3n) is 2.30. The SMILES string of the molecule is C=C/C(C=Cc1ccc(OC)cc1)=C\C=C\C. The minimum Gasteiger partial charge on any atom is -0.497 e. The van der Waals surface area contributed by atoms with Crippen LogP contribution in [-0.2, 0) is 0 Å². The van der Waals surface area contributed by atoms with Gasteiger partial charge in [-0.3, -0.25) is 0 Å². The minimum atomic E-state index is 0.871. The summed E-state index contributed by atoms with van der Waals surface area (Å²) in [6.07, 6.45) is 11.9. The van der Waals surface area contributed by atoms with Gasteiger partial charge < -0.3 is 4.74 Å². The van der Waals surface area contributed by atoms with Crippen molar-refractivity contribution < 1.29 is 4.74 Å². The van der Waals surface area contributed by atoms with E-state index in [0.717, 1.165) is 16.9 Å². The summed E-state index contributed by atoms with van der Waals surface area (Å²) in [6.45, 7) is 5.77. The lowest BCUT2D eigenvalue weighted by atomic mass is 10.1. The van der Waals surface area contributed by atoms with Crippen molar-refractivity contribution in [3.05, 3.63) is 72.4 Å². The molecule has 0 aliphatic heterocycles. The maximum absolute atomic E-state index is 5.11. The van der Waals surface area contributed by atoms with Crippen LogP contribution in [0.5, 0.6) is 5.75 Å². The van der Waals surface area contributed by atoms with Gasteiger partial charge in [0.1, 0.15) is 5.75 Å². The van der Waals surface area contributed by atoms with Crippen molar-refractivity contribution in [2.75, 3.05) is 7.11 Å². The lowest BCUT2D eigenvalue weighted by Gasteiger charge is -1.99. The number of hydrogen-bond acceptors (Lipinski definition) is 1. The fourth-order valence-corrected chi connectivity index (χ4v) is 1.31. The number of hydrogen-bond donors (Lipinski definition) is 0. The van der Waals surface area contributed by atoms with Gasteiger partial charge in [-0.1, -0.05) is 55.2 Å². The second-order valence-corrected chi connectivity index (χ2v) is 3.50. The monoisotopic (exact) mass is 226 g/mol. The molecule has 0 fully saturated rings. The number of methoxy groups -OCH3 is 1. The van der Waals surface area contributed by atoms with Crippen LogP contribution in [0, 0.1) is 0 Å². The van der Waals surface area contributed by atoms with E-state index in [-0.39, 0.29) is 0 Å². The van der Waals surface area contributed by atoms with Crippen molar-refractivity contribution in [1.82, 2.24) is 0 Å². The zero-order chi connectivity index (χ0) is 12.5. The molecule has 0 amide bonds. The molecule has 1 nitrogen and oxygen atoms in total. The second kappa shape index (κ2) is 7.29. The first-order chi connectivity index (χ1) is 8.30. The number of rotatable bonds is 5. The van der Waals surface area contributed by atoms with Crippen molar-refractivity contribution in [3.63, 3.8) is 0 Å². The van der Waals surface area contributed by atoms with Crippen LogP contribution in [0.4, 0.5) is 0 Å². The Morgan fingerprint density at radius 3 is 2.47 bits per heavy atom. The molecular formula is C16H18O. The molecule has 0 aliphatic rings. The van der Waals surface area contributed by atoms with Gasteiger partial charge in [0.25, 0.3) is 0 Å². The predicted octanol–water partition coefficient (Wildman–Crippen LogP) is 4.40. The molecule has 1 aromatic carbocycles. The second-order valence-electron chi connectivity index (χ2n) is 3.50.